The Morgan fingerprint density at radius 1 is 1.28 bits per heavy atom. The molecule has 2 aromatic rings. The lowest BCUT2D eigenvalue weighted by atomic mass is 10.1. The summed E-state index contributed by atoms with van der Waals surface area (Å²) in [5, 5.41) is 11.6. The van der Waals surface area contributed by atoms with Gasteiger partial charge < -0.3 is 0 Å². The van der Waals surface area contributed by atoms with E-state index in [2.05, 4.69) is 10.2 Å². The molecule has 0 heterocycles. The number of rotatable bonds is 3. The Morgan fingerprint density at radius 2 is 2.00 bits per heavy atom. The number of nitrogens with zero attached hydrogens (tertiary/aromatic N) is 1. The molecule has 93 valence electrons. The molecule has 2 rings (SSSR count). The smallest absolute Gasteiger partial charge is 0.258 e. The van der Waals surface area contributed by atoms with Crippen LogP contribution in [0.1, 0.15) is 0 Å². The monoisotopic (exact) mass is 268 g/mol. The summed E-state index contributed by atoms with van der Waals surface area (Å²) in [4.78, 5) is 10.1. The predicted molar refractivity (Wildman–Crippen MR) is 62.9 cm³/mol. The highest BCUT2D eigenvalue weighted by molar-refractivity contribution is 7.93. The van der Waals surface area contributed by atoms with Crippen molar-refractivity contribution >= 4 is 27.0 Å². The van der Waals surface area contributed by atoms with Crippen LogP contribution in [0.15, 0.2) is 41.3 Å². The molecule has 8 heteroatoms. The molecule has 7 nitrogen and oxygen atoms in total. The molecular formula is C10H8N2O5S+. The van der Waals surface area contributed by atoms with Crippen LogP contribution in [0.3, 0.4) is 0 Å². The van der Waals surface area contributed by atoms with Gasteiger partial charge in [0.2, 0.25) is 4.90 Å². The molecule has 0 aromatic heterocycles. The largest absolute Gasteiger partial charge is 0.447 e. The first-order valence-electron chi connectivity index (χ1n) is 4.76. The van der Waals surface area contributed by atoms with E-state index < -0.39 is 15.4 Å². The number of non-ortho nitro benzene ring substituents is 1. The fourth-order valence-corrected chi connectivity index (χ4v) is 2.23. The van der Waals surface area contributed by atoms with Crippen molar-refractivity contribution in [2.24, 2.45) is 5.90 Å². The van der Waals surface area contributed by atoms with Crippen molar-refractivity contribution in [3.63, 3.8) is 0 Å². The Hall–Kier alpha value is -1.87. The van der Waals surface area contributed by atoms with Crippen LogP contribution >= 0.6 is 0 Å². The van der Waals surface area contributed by atoms with Crippen LogP contribution in [-0.2, 0) is 23.5 Å². The van der Waals surface area contributed by atoms with Gasteiger partial charge >= 0.3 is 10.5 Å². The molecule has 0 aliphatic rings. The summed E-state index contributed by atoms with van der Waals surface area (Å²) in [6.45, 7) is 0. The summed E-state index contributed by atoms with van der Waals surface area (Å²) >= 11 is 0. The first-order chi connectivity index (χ1) is 8.45. The summed E-state index contributed by atoms with van der Waals surface area (Å²) in [5.41, 5.74) is -0.0925. The minimum atomic E-state index is -4.01. The van der Waals surface area contributed by atoms with E-state index in [-0.39, 0.29) is 10.6 Å². The second kappa shape index (κ2) is 4.42. The average molecular weight is 268 g/mol. The summed E-state index contributed by atoms with van der Waals surface area (Å²) in [7, 11) is -4.01. The minimum Gasteiger partial charge on any atom is -0.258 e. The van der Waals surface area contributed by atoms with Crippen molar-refractivity contribution in [1.29, 1.82) is 0 Å². The van der Waals surface area contributed by atoms with Gasteiger partial charge in [-0.3, -0.25) is 10.1 Å². The number of nitro benzene ring substituents is 1. The molecule has 1 atom stereocenters. The van der Waals surface area contributed by atoms with Crippen molar-refractivity contribution in [2.75, 3.05) is 0 Å². The minimum absolute atomic E-state index is 0.0925. The SMILES string of the molecule is NO[S+]([O])(=O)c1ccc2c([N+](=O)[O-])cccc2c1. The van der Waals surface area contributed by atoms with E-state index in [1.165, 1.54) is 30.3 Å². The van der Waals surface area contributed by atoms with Crippen LogP contribution in [-0.4, -0.2) is 4.92 Å². The van der Waals surface area contributed by atoms with E-state index in [4.69, 9.17) is 0 Å². The van der Waals surface area contributed by atoms with Gasteiger partial charge in [-0.05, 0) is 19.9 Å². The van der Waals surface area contributed by atoms with Gasteiger partial charge in [-0.15, -0.1) is 0 Å². The lowest BCUT2D eigenvalue weighted by Gasteiger charge is -2.00. The third-order valence-electron chi connectivity index (χ3n) is 2.44. The Labute approximate surface area is 103 Å². The van der Waals surface area contributed by atoms with E-state index in [1.54, 1.807) is 6.07 Å². The molecule has 18 heavy (non-hydrogen) atoms. The highest BCUT2D eigenvalue weighted by atomic mass is 32.3. The molecule has 0 saturated carbocycles. The Bertz CT molecular complexity index is 672. The molecule has 2 aromatic carbocycles. The zero-order valence-corrected chi connectivity index (χ0v) is 9.75. The lowest BCUT2D eigenvalue weighted by Crippen LogP contribution is -2.16. The normalized spacial score (nSPS) is 14.3. The first-order valence-corrected chi connectivity index (χ1v) is 6.17. The van der Waals surface area contributed by atoms with Gasteiger partial charge in [0.05, 0.1) is 14.9 Å². The highest BCUT2D eigenvalue weighted by Crippen LogP contribution is 2.29. The summed E-state index contributed by atoms with van der Waals surface area (Å²) in [6, 6.07) is 8.20. The maximum absolute atomic E-state index is 11.4. The maximum atomic E-state index is 11.4. The van der Waals surface area contributed by atoms with Gasteiger partial charge in [0.1, 0.15) is 0 Å². The second-order valence-corrected chi connectivity index (χ2v) is 5.04. The fraction of sp³-hybridized carbons (Fsp3) is 0. The third-order valence-corrected chi connectivity index (χ3v) is 3.53. The molecule has 1 radical (unpaired) electrons. The number of benzene rings is 2. The maximum Gasteiger partial charge on any atom is 0.447 e. The number of hydrogen-bond donors (Lipinski definition) is 1. The predicted octanol–water partition coefficient (Wildman–Crippen LogP) is 1.76. The fourth-order valence-electron chi connectivity index (χ4n) is 1.61. The van der Waals surface area contributed by atoms with Crippen LogP contribution in [0, 0.1) is 10.1 Å². The Morgan fingerprint density at radius 3 is 2.61 bits per heavy atom. The molecule has 0 amide bonds. The molecule has 0 aliphatic carbocycles. The number of nitrogens with two attached hydrogens (primary N) is 1. The number of hydrogen-bond acceptors (Lipinski definition) is 5. The van der Waals surface area contributed by atoms with Crippen LogP contribution in [0.4, 0.5) is 5.69 Å². The molecule has 0 aliphatic heterocycles. The van der Waals surface area contributed by atoms with Crippen LogP contribution in [0.2, 0.25) is 0 Å². The zero-order valence-electron chi connectivity index (χ0n) is 8.94. The lowest BCUT2D eigenvalue weighted by molar-refractivity contribution is -0.383. The summed E-state index contributed by atoms with van der Waals surface area (Å²) in [6.07, 6.45) is 0. The van der Waals surface area contributed by atoms with Gasteiger partial charge in [-0.1, -0.05) is 12.1 Å². The van der Waals surface area contributed by atoms with Crippen molar-refractivity contribution in [2.45, 2.75) is 4.90 Å². The van der Waals surface area contributed by atoms with Crippen LogP contribution in [0.5, 0.6) is 0 Å². The zero-order chi connectivity index (χ0) is 13.3. The van der Waals surface area contributed by atoms with Gasteiger partial charge in [0.15, 0.2) is 0 Å². The summed E-state index contributed by atoms with van der Waals surface area (Å²) in [5.74, 6) is 4.66. The van der Waals surface area contributed by atoms with Crippen molar-refractivity contribution in [3.05, 3.63) is 46.5 Å². The number of fused-ring (bicyclic) bond motifs is 1. The van der Waals surface area contributed by atoms with E-state index in [9.17, 15) is 18.9 Å². The highest BCUT2D eigenvalue weighted by Gasteiger charge is 2.34. The van der Waals surface area contributed by atoms with E-state index >= 15 is 0 Å². The van der Waals surface area contributed by atoms with E-state index in [0.29, 0.717) is 10.8 Å². The molecule has 1 unspecified atom stereocenters. The standard InChI is InChI=1S/C10H8N2O5S/c11-17-18(15,16)8-4-5-9-7(6-8)2-1-3-10(9)12(13)14/h1-6H,11H2/q+1. The molecule has 0 fully saturated rings. The third kappa shape index (κ3) is 2.09. The van der Waals surface area contributed by atoms with Gasteiger partial charge in [-0.2, -0.15) is 5.90 Å². The van der Waals surface area contributed by atoms with Gasteiger partial charge in [0, 0.05) is 18.2 Å². The van der Waals surface area contributed by atoms with Crippen molar-refractivity contribution < 1.29 is 18.0 Å². The molecule has 0 bridgehead atoms. The number of nitro groups is 1. The molecule has 2 N–H and O–H groups in total. The van der Waals surface area contributed by atoms with E-state index in [0.717, 1.165) is 0 Å². The van der Waals surface area contributed by atoms with Crippen LogP contribution < -0.4 is 5.90 Å². The van der Waals surface area contributed by atoms with Crippen molar-refractivity contribution in [3.8, 4) is 0 Å². The van der Waals surface area contributed by atoms with Gasteiger partial charge in [-0.25, -0.2) is 0 Å². The second-order valence-electron chi connectivity index (χ2n) is 3.47. The quantitative estimate of drug-likeness (QED) is 0.517. The van der Waals surface area contributed by atoms with Crippen molar-refractivity contribution in [1.82, 2.24) is 0 Å². The average Bonchev–Trinajstić information content (AvgIpc) is 2.37. The first kappa shape index (κ1) is 12.6. The molecular weight excluding hydrogens is 260 g/mol. The Kier molecular flexibility index (Phi) is 3.09. The van der Waals surface area contributed by atoms with E-state index in [1.807, 2.05) is 0 Å². The topological polar surface area (TPSA) is 115 Å². The molecule has 0 saturated heterocycles. The Balaban J connectivity index is 2.68. The summed E-state index contributed by atoms with van der Waals surface area (Å²) < 4.78 is 26.7. The van der Waals surface area contributed by atoms with Crippen LogP contribution in [0.25, 0.3) is 10.8 Å². The molecule has 0 spiro atoms. The van der Waals surface area contributed by atoms with Gasteiger partial charge in [0.25, 0.3) is 5.69 Å².